The summed E-state index contributed by atoms with van der Waals surface area (Å²) in [5.41, 5.74) is -0.231. The van der Waals surface area contributed by atoms with Crippen molar-refractivity contribution in [2.24, 2.45) is 5.92 Å². The van der Waals surface area contributed by atoms with E-state index in [-0.39, 0.29) is 12.1 Å². The lowest BCUT2D eigenvalue weighted by molar-refractivity contribution is 0.0260. The van der Waals surface area contributed by atoms with E-state index in [9.17, 15) is 10.2 Å². The first-order valence-corrected chi connectivity index (χ1v) is 7.61. The molecule has 0 radical (unpaired) electrons. The molecule has 1 aliphatic carbocycles. The van der Waals surface area contributed by atoms with Crippen molar-refractivity contribution in [2.45, 2.75) is 50.7 Å². The van der Waals surface area contributed by atoms with Gasteiger partial charge in [-0.25, -0.2) is 0 Å². The summed E-state index contributed by atoms with van der Waals surface area (Å²) in [4.78, 5) is 0. The van der Waals surface area contributed by atoms with Crippen molar-refractivity contribution in [2.75, 3.05) is 13.2 Å². The molecule has 0 amide bonds. The molecule has 0 saturated heterocycles. The Bertz CT molecular complexity index is 418. The zero-order valence-corrected chi connectivity index (χ0v) is 12.6. The Labute approximate surface area is 122 Å². The molecule has 1 aliphatic rings. The van der Waals surface area contributed by atoms with Crippen LogP contribution in [0.4, 0.5) is 0 Å². The summed E-state index contributed by atoms with van der Waals surface area (Å²) in [5.74, 6) is 0.630. The Morgan fingerprint density at radius 2 is 2.05 bits per heavy atom. The summed E-state index contributed by atoms with van der Waals surface area (Å²) in [7, 11) is 0. The SMILES string of the molecule is CC1CCCC(CO)(NCC(C)(O)c2ccccc2)C1. The lowest BCUT2D eigenvalue weighted by atomic mass is 9.76. The number of hydrogen-bond donors (Lipinski definition) is 3. The molecular weight excluding hydrogens is 250 g/mol. The number of aliphatic hydroxyl groups excluding tert-OH is 1. The van der Waals surface area contributed by atoms with E-state index in [0.29, 0.717) is 12.5 Å². The van der Waals surface area contributed by atoms with Crippen molar-refractivity contribution in [1.29, 1.82) is 0 Å². The fraction of sp³-hybridized carbons (Fsp3) is 0.647. The van der Waals surface area contributed by atoms with E-state index in [0.717, 1.165) is 24.8 Å². The van der Waals surface area contributed by atoms with Crippen molar-refractivity contribution < 1.29 is 10.2 Å². The fourth-order valence-electron chi connectivity index (χ4n) is 3.28. The number of nitrogens with one attached hydrogen (secondary N) is 1. The maximum Gasteiger partial charge on any atom is 0.0992 e. The van der Waals surface area contributed by atoms with Crippen LogP contribution in [-0.2, 0) is 5.60 Å². The average Bonchev–Trinajstić information content (AvgIpc) is 2.46. The number of β-amino-alcohol motifs (C(OH)–C–C–N with tert-alkyl or cyclic N) is 1. The van der Waals surface area contributed by atoms with Gasteiger partial charge in [-0.1, -0.05) is 50.1 Å². The molecule has 0 aliphatic heterocycles. The monoisotopic (exact) mass is 277 g/mol. The molecule has 3 N–H and O–H groups in total. The molecule has 3 nitrogen and oxygen atoms in total. The maximum atomic E-state index is 10.6. The second kappa shape index (κ2) is 6.25. The smallest absolute Gasteiger partial charge is 0.0992 e. The molecule has 0 heterocycles. The van der Waals surface area contributed by atoms with Crippen LogP contribution in [0, 0.1) is 5.92 Å². The lowest BCUT2D eigenvalue weighted by Crippen LogP contribution is -2.55. The number of aliphatic hydroxyl groups is 2. The fourth-order valence-corrected chi connectivity index (χ4v) is 3.28. The van der Waals surface area contributed by atoms with Crippen molar-refractivity contribution >= 4 is 0 Å². The summed E-state index contributed by atoms with van der Waals surface area (Å²) in [5, 5.41) is 23.9. The van der Waals surface area contributed by atoms with Crippen LogP contribution in [0.2, 0.25) is 0 Å². The standard InChI is InChI=1S/C17H27NO2/c1-14-7-6-10-17(11-14,13-19)18-12-16(2,20)15-8-4-3-5-9-15/h3-5,8-9,14,18-20H,6-7,10-13H2,1-2H3. The molecule has 112 valence electrons. The van der Waals surface area contributed by atoms with Gasteiger partial charge in [0, 0.05) is 12.1 Å². The van der Waals surface area contributed by atoms with E-state index in [1.165, 1.54) is 6.42 Å². The zero-order chi connectivity index (χ0) is 14.6. The van der Waals surface area contributed by atoms with Gasteiger partial charge in [0.2, 0.25) is 0 Å². The van der Waals surface area contributed by atoms with Gasteiger partial charge < -0.3 is 15.5 Å². The van der Waals surface area contributed by atoms with Gasteiger partial charge in [0.25, 0.3) is 0 Å². The Morgan fingerprint density at radius 3 is 2.65 bits per heavy atom. The molecule has 1 aromatic carbocycles. The Kier molecular flexibility index (Phi) is 4.84. The van der Waals surface area contributed by atoms with E-state index in [4.69, 9.17) is 0 Å². The number of rotatable bonds is 5. The van der Waals surface area contributed by atoms with Crippen LogP contribution in [0.25, 0.3) is 0 Å². The van der Waals surface area contributed by atoms with Crippen molar-refractivity contribution in [3.05, 3.63) is 35.9 Å². The quantitative estimate of drug-likeness (QED) is 0.775. The molecular formula is C17H27NO2. The molecule has 0 bridgehead atoms. The minimum Gasteiger partial charge on any atom is -0.394 e. The summed E-state index contributed by atoms with van der Waals surface area (Å²) >= 11 is 0. The third-order valence-corrected chi connectivity index (χ3v) is 4.60. The second-order valence-electron chi connectivity index (χ2n) is 6.63. The minimum absolute atomic E-state index is 0.141. The third kappa shape index (κ3) is 3.60. The molecule has 0 aromatic heterocycles. The van der Waals surface area contributed by atoms with Crippen LogP contribution >= 0.6 is 0 Å². The van der Waals surface area contributed by atoms with Crippen LogP contribution in [0.5, 0.6) is 0 Å². The topological polar surface area (TPSA) is 52.5 Å². The van der Waals surface area contributed by atoms with Crippen LogP contribution < -0.4 is 5.32 Å². The van der Waals surface area contributed by atoms with Gasteiger partial charge >= 0.3 is 0 Å². The first kappa shape index (κ1) is 15.5. The van der Waals surface area contributed by atoms with Crippen molar-refractivity contribution in [3.8, 4) is 0 Å². The highest BCUT2D eigenvalue weighted by atomic mass is 16.3. The van der Waals surface area contributed by atoms with Gasteiger partial charge in [0.15, 0.2) is 0 Å². The average molecular weight is 277 g/mol. The Balaban J connectivity index is 2.02. The normalized spacial score (nSPS) is 29.9. The van der Waals surface area contributed by atoms with Crippen LogP contribution in [0.15, 0.2) is 30.3 Å². The molecule has 3 heteroatoms. The third-order valence-electron chi connectivity index (χ3n) is 4.60. The first-order valence-electron chi connectivity index (χ1n) is 7.61. The van der Waals surface area contributed by atoms with Gasteiger partial charge in [0.05, 0.1) is 12.2 Å². The van der Waals surface area contributed by atoms with Crippen molar-refractivity contribution in [1.82, 2.24) is 5.32 Å². The second-order valence-corrected chi connectivity index (χ2v) is 6.63. The Hall–Kier alpha value is -0.900. The summed E-state index contributed by atoms with van der Waals surface area (Å²) in [6.45, 7) is 4.67. The van der Waals surface area contributed by atoms with Crippen LogP contribution in [0.3, 0.4) is 0 Å². The molecule has 1 aromatic rings. The maximum absolute atomic E-state index is 10.6. The lowest BCUT2D eigenvalue weighted by Gasteiger charge is -2.41. The van der Waals surface area contributed by atoms with E-state index in [1.807, 2.05) is 37.3 Å². The molecule has 1 saturated carbocycles. The first-order chi connectivity index (χ1) is 9.47. The highest BCUT2D eigenvalue weighted by molar-refractivity contribution is 5.22. The van der Waals surface area contributed by atoms with Crippen LogP contribution in [-0.4, -0.2) is 28.9 Å². The molecule has 3 unspecified atom stereocenters. The summed E-state index contributed by atoms with van der Waals surface area (Å²) < 4.78 is 0. The van der Waals surface area contributed by atoms with Crippen molar-refractivity contribution in [3.63, 3.8) is 0 Å². The predicted octanol–water partition coefficient (Wildman–Crippen LogP) is 2.42. The van der Waals surface area contributed by atoms with Gasteiger partial charge in [-0.05, 0) is 31.2 Å². The molecule has 2 rings (SSSR count). The van der Waals surface area contributed by atoms with E-state index < -0.39 is 5.60 Å². The minimum atomic E-state index is -0.913. The van der Waals surface area contributed by atoms with Gasteiger partial charge in [-0.2, -0.15) is 0 Å². The zero-order valence-electron chi connectivity index (χ0n) is 12.6. The largest absolute Gasteiger partial charge is 0.394 e. The number of hydrogen-bond acceptors (Lipinski definition) is 3. The van der Waals surface area contributed by atoms with E-state index >= 15 is 0 Å². The van der Waals surface area contributed by atoms with Gasteiger partial charge in [-0.3, -0.25) is 0 Å². The molecule has 3 atom stereocenters. The highest BCUT2D eigenvalue weighted by Gasteiger charge is 2.36. The van der Waals surface area contributed by atoms with Crippen LogP contribution in [0.1, 0.15) is 45.1 Å². The Morgan fingerprint density at radius 1 is 1.35 bits per heavy atom. The summed E-state index contributed by atoms with van der Waals surface area (Å²) in [6, 6.07) is 9.71. The summed E-state index contributed by atoms with van der Waals surface area (Å²) in [6.07, 6.45) is 4.34. The predicted molar refractivity (Wildman–Crippen MR) is 81.5 cm³/mol. The molecule has 0 spiro atoms. The molecule has 1 fully saturated rings. The molecule has 20 heavy (non-hydrogen) atoms. The number of benzene rings is 1. The van der Waals surface area contributed by atoms with Gasteiger partial charge in [-0.15, -0.1) is 0 Å². The van der Waals surface area contributed by atoms with E-state index in [2.05, 4.69) is 12.2 Å². The highest BCUT2D eigenvalue weighted by Crippen LogP contribution is 2.32. The van der Waals surface area contributed by atoms with Gasteiger partial charge in [0.1, 0.15) is 0 Å². The van der Waals surface area contributed by atoms with E-state index in [1.54, 1.807) is 0 Å².